The van der Waals surface area contributed by atoms with E-state index in [1.807, 2.05) is 13.8 Å². The van der Waals surface area contributed by atoms with E-state index in [1.165, 1.54) is 37.4 Å². The number of rotatable bonds is 14. The van der Waals surface area contributed by atoms with Crippen LogP contribution in [0.3, 0.4) is 0 Å². The third-order valence-corrected chi connectivity index (χ3v) is 7.57. The van der Waals surface area contributed by atoms with Crippen LogP contribution in [0.4, 0.5) is 34.6 Å². The molecule has 0 aliphatic carbocycles. The number of amides is 2. The molecule has 262 valence electrons. The minimum atomic E-state index is -0.705. The lowest BCUT2D eigenvalue weighted by Gasteiger charge is -2.07. The highest BCUT2D eigenvalue weighted by Gasteiger charge is 2.23. The van der Waals surface area contributed by atoms with Crippen LogP contribution >= 0.6 is 0 Å². The maximum absolute atomic E-state index is 12.5. The molecule has 5 aromatic heterocycles. The van der Waals surface area contributed by atoms with Gasteiger partial charge in [-0.05, 0) is 25.7 Å². The fourth-order valence-corrected chi connectivity index (χ4v) is 4.86. The Kier molecular flexibility index (Phi) is 10.3. The first-order valence-electron chi connectivity index (χ1n) is 15.5. The van der Waals surface area contributed by atoms with E-state index in [4.69, 9.17) is 39.1 Å². The van der Waals surface area contributed by atoms with Gasteiger partial charge in [0.1, 0.15) is 17.5 Å². The summed E-state index contributed by atoms with van der Waals surface area (Å²) in [7, 11) is 3.21. The first-order valence-corrected chi connectivity index (χ1v) is 15.5. The van der Waals surface area contributed by atoms with Crippen molar-refractivity contribution in [3.63, 3.8) is 0 Å². The number of anilines is 2. The van der Waals surface area contributed by atoms with Crippen LogP contribution in [0.1, 0.15) is 71.6 Å². The van der Waals surface area contributed by atoms with Gasteiger partial charge in [-0.15, -0.1) is 20.5 Å². The summed E-state index contributed by atoms with van der Waals surface area (Å²) in [4.78, 5) is 33.1. The second-order valence-electron chi connectivity index (χ2n) is 11.1. The van der Waals surface area contributed by atoms with E-state index in [-0.39, 0.29) is 40.1 Å². The molecule has 0 bridgehead atoms. The van der Waals surface area contributed by atoms with Crippen molar-refractivity contribution < 1.29 is 9.59 Å². The fraction of sp³-hybridized carbons (Fsp3) is 0.357. The molecule has 0 aliphatic heterocycles. The van der Waals surface area contributed by atoms with Crippen LogP contribution in [0.15, 0.2) is 45.2 Å². The van der Waals surface area contributed by atoms with Gasteiger partial charge in [0.15, 0.2) is 46.3 Å². The van der Waals surface area contributed by atoms with Crippen molar-refractivity contribution in [2.75, 3.05) is 11.5 Å². The zero-order chi connectivity index (χ0) is 36.1. The highest BCUT2D eigenvalue weighted by Crippen LogP contribution is 2.35. The first-order chi connectivity index (χ1) is 24.0. The van der Waals surface area contributed by atoms with Gasteiger partial charge in [-0.3, -0.25) is 9.59 Å². The van der Waals surface area contributed by atoms with Gasteiger partial charge >= 0.3 is 0 Å². The van der Waals surface area contributed by atoms with Crippen LogP contribution in [0.25, 0.3) is 11.6 Å². The summed E-state index contributed by atoms with van der Waals surface area (Å²) >= 11 is 0. The smallest absolute Gasteiger partial charge is 0.287 e. The van der Waals surface area contributed by atoms with Crippen LogP contribution < -0.4 is 28.9 Å². The predicted molar refractivity (Wildman–Crippen MR) is 180 cm³/mol. The Balaban J connectivity index is 1.55. The SMILES string of the molecule is CCCCc1nn(-c2cc(-n3nc(CCCC)c(/N=N/c4c(C(=O)N(N)N)cnn4C)c3N)ncn2)c(N)c1/N=N/c1c(C(N)=O)cnn1C. The molecule has 0 aliphatic rings. The lowest BCUT2D eigenvalue weighted by molar-refractivity contribution is 0.0756. The third-order valence-electron chi connectivity index (χ3n) is 7.57. The highest BCUT2D eigenvalue weighted by molar-refractivity contribution is 5.97. The van der Waals surface area contributed by atoms with Gasteiger partial charge in [-0.25, -0.2) is 36.1 Å². The van der Waals surface area contributed by atoms with E-state index in [0.29, 0.717) is 46.7 Å². The Morgan fingerprint density at radius 3 is 1.66 bits per heavy atom. The van der Waals surface area contributed by atoms with E-state index in [2.05, 4.69) is 40.6 Å². The number of unbranched alkanes of at least 4 members (excludes halogenated alkanes) is 2. The number of hydrazine groups is 2. The van der Waals surface area contributed by atoms with Gasteiger partial charge in [-0.1, -0.05) is 26.7 Å². The average molecular weight is 687 g/mol. The number of nitrogens with two attached hydrogens (primary N) is 5. The number of primary amides is 1. The fourth-order valence-electron chi connectivity index (χ4n) is 4.86. The van der Waals surface area contributed by atoms with Crippen molar-refractivity contribution in [2.45, 2.75) is 52.4 Å². The minimum absolute atomic E-state index is 0.0467. The quantitative estimate of drug-likeness (QED) is 0.0486. The molecule has 5 rings (SSSR count). The summed E-state index contributed by atoms with van der Waals surface area (Å²) in [5.41, 5.74) is 20.5. The number of nitrogen functional groups attached to an aromatic ring is 2. The molecule has 22 nitrogen and oxygen atoms in total. The van der Waals surface area contributed by atoms with Gasteiger partial charge in [0.05, 0.1) is 23.8 Å². The molecule has 0 fully saturated rings. The van der Waals surface area contributed by atoms with Crippen LogP contribution in [-0.4, -0.2) is 66.0 Å². The maximum atomic E-state index is 12.5. The van der Waals surface area contributed by atoms with Crippen molar-refractivity contribution in [1.82, 2.24) is 54.2 Å². The molecule has 5 heterocycles. The number of hydrogen-bond donors (Lipinski definition) is 5. The highest BCUT2D eigenvalue weighted by atomic mass is 16.2. The summed E-state index contributed by atoms with van der Waals surface area (Å²) in [6.07, 6.45) is 8.38. The van der Waals surface area contributed by atoms with Crippen LogP contribution in [0.5, 0.6) is 0 Å². The summed E-state index contributed by atoms with van der Waals surface area (Å²) in [6.45, 7) is 4.09. The van der Waals surface area contributed by atoms with Crippen molar-refractivity contribution >= 4 is 46.5 Å². The topological polar surface area (TPSA) is 314 Å². The number of hydrogen-bond acceptors (Lipinski definition) is 16. The molecule has 0 saturated carbocycles. The molecule has 50 heavy (non-hydrogen) atoms. The van der Waals surface area contributed by atoms with Crippen molar-refractivity contribution in [3.8, 4) is 11.6 Å². The van der Waals surface area contributed by atoms with Crippen molar-refractivity contribution in [2.24, 2.45) is 52.0 Å². The molecule has 0 spiro atoms. The van der Waals surface area contributed by atoms with E-state index in [0.717, 1.165) is 25.7 Å². The van der Waals surface area contributed by atoms with Crippen molar-refractivity contribution in [1.29, 1.82) is 0 Å². The molecular formula is C28H38N20O2. The lowest BCUT2D eigenvalue weighted by atomic mass is 10.2. The zero-order valence-electron chi connectivity index (χ0n) is 28.0. The molecular weight excluding hydrogens is 648 g/mol. The Bertz CT molecular complexity index is 2080. The van der Waals surface area contributed by atoms with Gasteiger partial charge in [0.2, 0.25) is 0 Å². The molecule has 0 atom stereocenters. The summed E-state index contributed by atoms with van der Waals surface area (Å²) in [6, 6.07) is 1.60. The van der Waals surface area contributed by atoms with Gasteiger partial charge in [-0.2, -0.15) is 29.8 Å². The number of carbonyl (C=O) groups is 2. The Morgan fingerprint density at radius 1 is 0.760 bits per heavy atom. The first kappa shape index (κ1) is 34.9. The summed E-state index contributed by atoms with van der Waals surface area (Å²) < 4.78 is 5.56. The normalized spacial score (nSPS) is 11.7. The number of nitrogens with zero attached hydrogens (tertiary/aromatic N) is 15. The molecule has 0 unspecified atom stereocenters. The largest absolute Gasteiger partial charge is 0.382 e. The number of azo groups is 2. The zero-order valence-corrected chi connectivity index (χ0v) is 28.0. The minimum Gasteiger partial charge on any atom is -0.382 e. The van der Waals surface area contributed by atoms with Gasteiger partial charge in [0, 0.05) is 20.2 Å². The second-order valence-corrected chi connectivity index (χ2v) is 11.1. The van der Waals surface area contributed by atoms with Gasteiger partial charge in [0.25, 0.3) is 11.8 Å². The van der Waals surface area contributed by atoms with E-state index in [9.17, 15) is 9.59 Å². The molecule has 0 radical (unpaired) electrons. The Labute approximate surface area is 285 Å². The molecule has 5 aromatic rings. The summed E-state index contributed by atoms with van der Waals surface area (Å²) in [5.74, 6) is 10.6. The van der Waals surface area contributed by atoms with Gasteiger partial charge < -0.3 is 17.2 Å². The molecule has 2 amide bonds. The van der Waals surface area contributed by atoms with E-state index >= 15 is 0 Å². The number of aryl methyl sites for hydroxylation is 4. The molecule has 0 saturated heterocycles. The Hall–Kier alpha value is -6.42. The van der Waals surface area contributed by atoms with E-state index < -0.39 is 11.8 Å². The van der Waals surface area contributed by atoms with Crippen molar-refractivity contribution in [3.05, 3.63) is 47.3 Å². The van der Waals surface area contributed by atoms with Crippen LogP contribution in [0, 0.1) is 0 Å². The molecule has 22 heteroatoms. The van der Waals surface area contributed by atoms with E-state index in [1.54, 1.807) is 20.2 Å². The predicted octanol–water partition coefficient (Wildman–Crippen LogP) is 2.28. The molecule has 0 aromatic carbocycles. The second kappa shape index (κ2) is 14.8. The van der Waals surface area contributed by atoms with Crippen LogP contribution in [-0.2, 0) is 26.9 Å². The third kappa shape index (κ3) is 6.91. The monoisotopic (exact) mass is 686 g/mol. The standard InChI is InChI=1S/C28H38N20O2/c1-5-7-9-17-21(38-40-26-15(25(31)49)12-36-44(26)3)23(29)46(42-17)19-11-20(35-14-34-19)47-24(30)22(18(43-47)10-8-6-2)39-41-27-16(13-37-45(27)4)28(50)48(32)33/h11-14H,5-10,29-30,32-33H2,1-4H3,(H2,31,49)/b40-38+,41-39+. The average Bonchev–Trinajstić information content (AvgIpc) is 3.83. The Morgan fingerprint density at radius 2 is 1.22 bits per heavy atom. The molecule has 10 N–H and O–H groups in total. The maximum Gasteiger partial charge on any atom is 0.287 e. The number of carbonyl (C=O) groups excluding carboxylic acids is 2. The van der Waals surface area contributed by atoms with Crippen LogP contribution in [0.2, 0.25) is 0 Å². The number of aromatic nitrogens is 10. The summed E-state index contributed by atoms with van der Waals surface area (Å²) in [5, 5.41) is 35.2. The lowest BCUT2D eigenvalue weighted by Crippen LogP contribution is -2.43.